The molecule has 0 radical (unpaired) electrons. The minimum atomic E-state index is -0.536. The predicted octanol–water partition coefficient (Wildman–Crippen LogP) is 3.93. The summed E-state index contributed by atoms with van der Waals surface area (Å²) in [5.41, 5.74) is 1.94. The normalized spacial score (nSPS) is 13.6. The molecule has 0 bridgehead atoms. The number of nitrogens with one attached hydrogen (secondary N) is 1. The van der Waals surface area contributed by atoms with Crippen molar-refractivity contribution < 1.29 is 33.0 Å². The van der Waals surface area contributed by atoms with Gasteiger partial charge in [-0.2, -0.15) is 4.99 Å². The highest BCUT2D eigenvalue weighted by Crippen LogP contribution is 2.38. The van der Waals surface area contributed by atoms with Gasteiger partial charge in [0.15, 0.2) is 4.80 Å². The van der Waals surface area contributed by atoms with Crippen molar-refractivity contribution in [2.75, 3.05) is 31.0 Å². The van der Waals surface area contributed by atoms with Crippen molar-refractivity contribution in [3.8, 4) is 0 Å². The quantitative estimate of drug-likeness (QED) is 0.318. The van der Waals surface area contributed by atoms with Gasteiger partial charge in [-0.05, 0) is 49.4 Å². The zero-order valence-electron chi connectivity index (χ0n) is 20.8. The van der Waals surface area contributed by atoms with E-state index in [0.29, 0.717) is 20.8 Å². The number of carbonyl (C=O) groups is 4. The number of fused-ring (bicyclic) bond motifs is 2. The number of thioether (sulfide) groups is 1. The summed E-state index contributed by atoms with van der Waals surface area (Å²) in [5.74, 6) is -2.41. The Hall–Kier alpha value is -3.03. The highest BCUT2D eigenvalue weighted by Gasteiger charge is 2.26. The third-order valence-corrected chi connectivity index (χ3v) is 9.07. The van der Waals surface area contributed by atoms with E-state index < -0.39 is 23.7 Å². The van der Waals surface area contributed by atoms with E-state index in [9.17, 15) is 23.6 Å². The van der Waals surface area contributed by atoms with Gasteiger partial charge in [-0.25, -0.2) is 9.18 Å². The Labute approximate surface area is 230 Å². The van der Waals surface area contributed by atoms with Crippen molar-refractivity contribution in [2.45, 2.75) is 38.6 Å². The summed E-state index contributed by atoms with van der Waals surface area (Å²) in [4.78, 5) is 55.0. The van der Waals surface area contributed by atoms with E-state index in [1.54, 1.807) is 0 Å². The summed E-state index contributed by atoms with van der Waals surface area (Å²) in [6, 6.07) is 4.09. The van der Waals surface area contributed by atoms with Gasteiger partial charge in [0.25, 0.3) is 5.91 Å². The SMILES string of the molecule is COC(=O)Cn1c(=NC(=O)CSCC(=O)Nc2sc3c(c2C(=O)OC)CCCCC3)sc2cc(F)ccc21. The van der Waals surface area contributed by atoms with Crippen LogP contribution in [0.4, 0.5) is 9.39 Å². The molecule has 2 heterocycles. The summed E-state index contributed by atoms with van der Waals surface area (Å²) in [5, 5.41) is 3.29. The van der Waals surface area contributed by atoms with Crippen LogP contribution in [0.25, 0.3) is 10.2 Å². The molecule has 2 aromatic heterocycles. The molecular weight excluding hydrogens is 553 g/mol. The zero-order chi connectivity index (χ0) is 27.2. The molecule has 0 spiro atoms. The van der Waals surface area contributed by atoms with Crippen molar-refractivity contribution in [1.29, 1.82) is 0 Å². The lowest BCUT2D eigenvalue weighted by Gasteiger charge is -2.07. The molecule has 1 N–H and O–H groups in total. The van der Waals surface area contributed by atoms with Crippen molar-refractivity contribution in [3.05, 3.63) is 44.8 Å². The third kappa shape index (κ3) is 6.51. The number of amides is 2. The number of halogens is 1. The van der Waals surface area contributed by atoms with E-state index in [-0.39, 0.29) is 28.8 Å². The summed E-state index contributed by atoms with van der Waals surface area (Å²) in [7, 11) is 2.57. The summed E-state index contributed by atoms with van der Waals surface area (Å²) < 4.78 is 25.4. The Balaban J connectivity index is 1.43. The number of hydrogen-bond donors (Lipinski definition) is 1. The number of rotatable bonds is 8. The second-order valence-corrected chi connectivity index (χ2v) is 11.6. The number of ether oxygens (including phenoxy) is 2. The molecule has 0 unspecified atom stereocenters. The largest absolute Gasteiger partial charge is 0.468 e. The molecule has 38 heavy (non-hydrogen) atoms. The van der Waals surface area contributed by atoms with Gasteiger partial charge in [0.1, 0.15) is 17.4 Å². The van der Waals surface area contributed by atoms with Gasteiger partial charge < -0.3 is 19.4 Å². The molecule has 9 nitrogen and oxygen atoms in total. The van der Waals surface area contributed by atoms with Gasteiger partial charge in [-0.15, -0.1) is 23.1 Å². The van der Waals surface area contributed by atoms with Crippen molar-refractivity contribution >= 4 is 73.4 Å². The van der Waals surface area contributed by atoms with Crippen LogP contribution in [-0.4, -0.2) is 54.0 Å². The number of thiazole rings is 1. The van der Waals surface area contributed by atoms with Gasteiger partial charge in [0.05, 0.1) is 41.5 Å². The lowest BCUT2D eigenvalue weighted by atomic mass is 10.1. The van der Waals surface area contributed by atoms with Crippen LogP contribution < -0.4 is 10.1 Å². The maximum Gasteiger partial charge on any atom is 0.341 e. The van der Waals surface area contributed by atoms with Crippen LogP contribution in [0.2, 0.25) is 0 Å². The van der Waals surface area contributed by atoms with Gasteiger partial charge in [0.2, 0.25) is 5.91 Å². The number of benzene rings is 1. The zero-order valence-corrected chi connectivity index (χ0v) is 23.3. The molecule has 1 aromatic carbocycles. The van der Waals surface area contributed by atoms with Crippen molar-refractivity contribution in [1.82, 2.24) is 4.57 Å². The average molecular weight is 580 g/mol. The molecule has 202 valence electrons. The molecule has 13 heteroatoms. The smallest absolute Gasteiger partial charge is 0.341 e. The van der Waals surface area contributed by atoms with E-state index in [0.717, 1.165) is 65.6 Å². The summed E-state index contributed by atoms with van der Waals surface area (Å²) >= 11 is 3.56. The fourth-order valence-electron chi connectivity index (χ4n) is 4.16. The molecule has 0 atom stereocenters. The van der Waals surface area contributed by atoms with Crippen LogP contribution in [0, 0.1) is 5.82 Å². The van der Waals surface area contributed by atoms with Crippen LogP contribution in [0.3, 0.4) is 0 Å². The van der Waals surface area contributed by atoms with Crippen LogP contribution >= 0.6 is 34.4 Å². The molecule has 1 aliphatic carbocycles. The Morgan fingerprint density at radius 3 is 2.63 bits per heavy atom. The first-order valence-corrected chi connectivity index (χ1v) is 14.6. The second-order valence-electron chi connectivity index (χ2n) is 8.47. The fourth-order valence-corrected chi connectivity index (χ4v) is 7.12. The lowest BCUT2D eigenvalue weighted by Crippen LogP contribution is -2.23. The number of nitrogens with zero attached hydrogens (tertiary/aromatic N) is 2. The number of carbonyl (C=O) groups excluding carboxylic acids is 4. The fraction of sp³-hybridized carbons (Fsp3) is 0.400. The van der Waals surface area contributed by atoms with E-state index in [2.05, 4.69) is 10.3 Å². The molecule has 1 aliphatic rings. The van der Waals surface area contributed by atoms with Gasteiger partial charge in [-0.3, -0.25) is 14.4 Å². The maximum absolute atomic E-state index is 13.7. The summed E-state index contributed by atoms with van der Waals surface area (Å²) in [6.07, 6.45) is 4.76. The number of thiophene rings is 1. The van der Waals surface area contributed by atoms with Gasteiger partial charge >= 0.3 is 11.9 Å². The minimum absolute atomic E-state index is 0.0236. The predicted molar refractivity (Wildman–Crippen MR) is 145 cm³/mol. The molecular formula is C25H26FN3O6S3. The van der Waals surface area contributed by atoms with Crippen LogP contribution in [-0.2, 0) is 43.2 Å². The number of aromatic nitrogens is 1. The molecule has 0 aliphatic heterocycles. The highest BCUT2D eigenvalue weighted by atomic mass is 32.2. The molecule has 0 saturated carbocycles. The number of methoxy groups -OCH3 is 2. The summed E-state index contributed by atoms with van der Waals surface area (Å²) in [6.45, 7) is -0.183. The topological polar surface area (TPSA) is 116 Å². The monoisotopic (exact) mass is 579 g/mol. The van der Waals surface area contributed by atoms with Crippen LogP contribution in [0.15, 0.2) is 23.2 Å². The van der Waals surface area contributed by atoms with Crippen LogP contribution in [0.5, 0.6) is 0 Å². The number of hydrogen-bond acceptors (Lipinski definition) is 9. The second kappa shape index (κ2) is 12.7. The molecule has 3 aromatic rings. The van der Waals surface area contributed by atoms with Gasteiger partial charge in [-0.1, -0.05) is 17.8 Å². The number of esters is 2. The molecule has 2 amide bonds. The molecule has 0 fully saturated rings. The third-order valence-electron chi connectivity index (χ3n) is 5.90. The van der Waals surface area contributed by atoms with E-state index in [1.165, 1.54) is 48.3 Å². The first-order chi connectivity index (χ1) is 18.3. The van der Waals surface area contributed by atoms with Crippen molar-refractivity contribution in [3.63, 3.8) is 0 Å². The molecule has 4 rings (SSSR count). The van der Waals surface area contributed by atoms with Crippen LogP contribution in [0.1, 0.15) is 40.1 Å². The highest BCUT2D eigenvalue weighted by molar-refractivity contribution is 8.00. The lowest BCUT2D eigenvalue weighted by molar-refractivity contribution is -0.141. The molecule has 0 saturated heterocycles. The average Bonchev–Trinajstić information content (AvgIpc) is 3.29. The van der Waals surface area contributed by atoms with Crippen molar-refractivity contribution in [2.24, 2.45) is 4.99 Å². The van der Waals surface area contributed by atoms with E-state index in [4.69, 9.17) is 9.47 Å². The Kier molecular flexibility index (Phi) is 9.34. The Morgan fingerprint density at radius 1 is 1.08 bits per heavy atom. The Morgan fingerprint density at radius 2 is 1.87 bits per heavy atom. The van der Waals surface area contributed by atoms with E-state index >= 15 is 0 Å². The van der Waals surface area contributed by atoms with E-state index in [1.807, 2.05) is 0 Å². The maximum atomic E-state index is 13.7. The first kappa shape index (κ1) is 28.0. The first-order valence-electron chi connectivity index (χ1n) is 11.8. The minimum Gasteiger partial charge on any atom is -0.468 e. The Bertz CT molecular complexity index is 1460. The number of aryl methyl sites for hydroxylation is 1. The van der Waals surface area contributed by atoms with Gasteiger partial charge in [0, 0.05) is 4.88 Å². The standard InChI is InChI=1S/C25H26FN3O6S3/c1-34-21(32)11-29-16-9-8-14(26)10-18(16)38-25(29)28-20(31)13-36-12-19(30)27-23-22(24(33)35-2)15-6-4-3-5-7-17(15)37-23/h8-10H,3-7,11-13H2,1-2H3,(H,27,30). The number of anilines is 1.